The van der Waals surface area contributed by atoms with E-state index in [4.69, 9.17) is 14.2 Å². The molecular weight excluding hydrogens is 292 g/mol. The van der Waals surface area contributed by atoms with Crippen molar-refractivity contribution >= 4 is 12.0 Å². The summed E-state index contributed by atoms with van der Waals surface area (Å²) in [7, 11) is 3.24. The molecule has 0 aliphatic rings. The molecule has 4 nitrogen and oxygen atoms in total. The summed E-state index contributed by atoms with van der Waals surface area (Å²) < 4.78 is 15.6. The van der Waals surface area contributed by atoms with Crippen molar-refractivity contribution in [1.29, 1.82) is 0 Å². The van der Waals surface area contributed by atoms with Gasteiger partial charge < -0.3 is 14.2 Å². The first kappa shape index (κ1) is 16.8. The highest BCUT2D eigenvalue weighted by atomic mass is 16.5. The summed E-state index contributed by atoms with van der Waals surface area (Å²) in [6.07, 6.45) is 2.47. The Morgan fingerprint density at radius 2 is 1.87 bits per heavy atom. The first-order chi connectivity index (χ1) is 11.2. The molecule has 0 unspecified atom stereocenters. The number of methoxy groups -OCH3 is 2. The molecule has 0 aliphatic carbocycles. The summed E-state index contributed by atoms with van der Waals surface area (Å²) >= 11 is 0. The molecule has 0 spiro atoms. The third kappa shape index (κ3) is 4.44. The van der Waals surface area contributed by atoms with Gasteiger partial charge in [0, 0.05) is 12.7 Å². The molecule has 0 aromatic heterocycles. The summed E-state index contributed by atoms with van der Waals surface area (Å²) in [6.45, 7) is 4.42. The summed E-state index contributed by atoms with van der Waals surface area (Å²) in [5, 5.41) is 0. The van der Waals surface area contributed by atoms with Gasteiger partial charge in [0.2, 0.25) is 0 Å². The van der Waals surface area contributed by atoms with Gasteiger partial charge in [0.25, 0.3) is 0 Å². The maximum absolute atomic E-state index is 12.2. The van der Waals surface area contributed by atoms with Crippen LogP contribution in [0.4, 0.5) is 0 Å². The fraction of sp³-hybridized carbons (Fsp3) is 0.211. The van der Waals surface area contributed by atoms with Crippen LogP contribution in [0.3, 0.4) is 0 Å². The number of esters is 1. The Morgan fingerprint density at radius 3 is 2.48 bits per heavy atom. The Bertz CT molecular complexity index is 674. The predicted octanol–water partition coefficient (Wildman–Crippen LogP) is 3.75. The van der Waals surface area contributed by atoms with E-state index in [9.17, 15) is 4.79 Å². The van der Waals surface area contributed by atoms with Crippen LogP contribution in [-0.2, 0) is 11.2 Å². The first-order valence-corrected chi connectivity index (χ1v) is 7.28. The minimum Gasteiger partial charge on any atom is -0.497 e. The van der Waals surface area contributed by atoms with E-state index in [-0.39, 0.29) is 0 Å². The van der Waals surface area contributed by atoms with Crippen molar-refractivity contribution in [3.63, 3.8) is 0 Å². The van der Waals surface area contributed by atoms with Gasteiger partial charge in [-0.25, -0.2) is 4.79 Å². The molecule has 0 radical (unpaired) electrons. The Morgan fingerprint density at radius 1 is 1.13 bits per heavy atom. The molecule has 0 amide bonds. The van der Waals surface area contributed by atoms with Crippen LogP contribution in [0.2, 0.25) is 0 Å². The van der Waals surface area contributed by atoms with Crippen molar-refractivity contribution in [3.05, 3.63) is 65.7 Å². The van der Waals surface area contributed by atoms with E-state index in [1.165, 1.54) is 0 Å². The number of ether oxygens (including phenoxy) is 3. The molecule has 0 atom stereocenters. The van der Waals surface area contributed by atoms with Crippen LogP contribution in [0.15, 0.2) is 49.0 Å². The topological polar surface area (TPSA) is 44.8 Å². The highest BCUT2D eigenvalue weighted by Gasteiger charge is 2.11. The number of benzene rings is 2. The molecule has 2 aromatic carbocycles. The van der Waals surface area contributed by atoms with Gasteiger partial charge >= 0.3 is 5.97 Å². The second-order valence-electron chi connectivity index (χ2n) is 4.94. The van der Waals surface area contributed by atoms with E-state index in [1.54, 1.807) is 50.6 Å². The summed E-state index contributed by atoms with van der Waals surface area (Å²) in [5.74, 6) is 0.762. The zero-order valence-electron chi connectivity index (χ0n) is 13.4. The zero-order valence-corrected chi connectivity index (χ0v) is 13.4. The molecule has 0 N–H and O–H groups in total. The highest BCUT2D eigenvalue weighted by Crippen LogP contribution is 2.23. The van der Waals surface area contributed by atoms with Gasteiger partial charge in [0.05, 0.1) is 19.3 Å². The maximum atomic E-state index is 12.2. The number of hydrogen-bond donors (Lipinski definition) is 0. The molecule has 0 saturated heterocycles. The normalized spacial score (nSPS) is 10.2. The minimum absolute atomic E-state index is 0.416. The molecule has 4 heteroatoms. The predicted molar refractivity (Wildman–Crippen MR) is 90.1 cm³/mol. The lowest BCUT2D eigenvalue weighted by molar-refractivity contribution is 0.0734. The van der Waals surface area contributed by atoms with Crippen LogP contribution < -0.4 is 9.47 Å². The van der Waals surface area contributed by atoms with Gasteiger partial charge in [0.15, 0.2) is 0 Å². The van der Waals surface area contributed by atoms with E-state index < -0.39 is 5.97 Å². The second-order valence-corrected chi connectivity index (χ2v) is 4.94. The molecule has 0 heterocycles. The molecule has 2 rings (SSSR count). The lowest BCUT2D eigenvalue weighted by atomic mass is 10.1. The smallest absolute Gasteiger partial charge is 0.343 e. The van der Waals surface area contributed by atoms with Gasteiger partial charge in [-0.1, -0.05) is 18.7 Å². The lowest BCUT2D eigenvalue weighted by Gasteiger charge is -2.10. The Kier molecular flexibility index (Phi) is 5.94. The number of rotatable bonds is 7. The number of hydrogen-bond acceptors (Lipinski definition) is 4. The Labute approximate surface area is 136 Å². The molecular formula is C19H20O4. The van der Waals surface area contributed by atoms with Crippen LogP contribution >= 0.6 is 0 Å². The van der Waals surface area contributed by atoms with Crippen LogP contribution in [0.1, 0.15) is 21.5 Å². The van der Waals surface area contributed by atoms with Gasteiger partial charge in [-0.2, -0.15) is 0 Å². The van der Waals surface area contributed by atoms with Gasteiger partial charge in [-0.15, -0.1) is 0 Å². The van der Waals surface area contributed by atoms with E-state index >= 15 is 0 Å². The Balaban J connectivity index is 2.14. The molecule has 0 saturated carbocycles. The zero-order chi connectivity index (χ0) is 16.7. The largest absolute Gasteiger partial charge is 0.497 e. The van der Waals surface area contributed by atoms with Crippen molar-refractivity contribution < 1.29 is 19.0 Å². The number of carbonyl (C=O) groups is 1. The molecule has 120 valence electrons. The number of carbonyl (C=O) groups excluding carboxylic acids is 1. The van der Waals surface area contributed by atoms with E-state index in [0.29, 0.717) is 23.7 Å². The van der Waals surface area contributed by atoms with Crippen LogP contribution in [0, 0.1) is 0 Å². The van der Waals surface area contributed by atoms with Crippen molar-refractivity contribution in [2.75, 3.05) is 20.8 Å². The minimum atomic E-state index is -0.416. The van der Waals surface area contributed by atoms with E-state index in [1.807, 2.05) is 12.1 Å². The van der Waals surface area contributed by atoms with Gasteiger partial charge in [-0.05, 0) is 48.4 Å². The second kappa shape index (κ2) is 8.15. The third-order valence-electron chi connectivity index (χ3n) is 3.42. The standard InChI is InChI=1S/C19H20O4/c1-4-15-13-14(11-12-21-2)5-10-18(15)23-19(20)16-6-8-17(22-3)9-7-16/h4-10,13H,1,11-12H2,2-3H3. The third-order valence-corrected chi connectivity index (χ3v) is 3.42. The Hall–Kier alpha value is -2.59. The summed E-state index contributed by atoms with van der Waals surface area (Å²) in [6, 6.07) is 12.4. The highest BCUT2D eigenvalue weighted by molar-refractivity contribution is 5.91. The molecule has 0 fully saturated rings. The van der Waals surface area contributed by atoms with Crippen LogP contribution in [0.5, 0.6) is 11.5 Å². The van der Waals surface area contributed by atoms with Crippen molar-refractivity contribution in [2.45, 2.75) is 6.42 Å². The molecule has 2 aromatic rings. The van der Waals surface area contributed by atoms with Gasteiger partial charge in [0.1, 0.15) is 11.5 Å². The van der Waals surface area contributed by atoms with E-state index in [2.05, 4.69) is 6.58 Å². The van der Waals surface area contributed by atoms with Crippen molar-refractivity contribution in [1.82, 2.24) is 0 Å². The van der Waals surface area contributed by atoms with E-state index in [0.717, 1.165) is 17.5 Å². The summed E-state index contributed by atoms with van der Waals surface area (Å²) in [5.41, 5.74) is 2.34. The fourth-order valence-corrected chi connectivity index (χ4v) is 2.11. The fourth-order valence-electron chi connectivity index (χ4n) is 2.11. The van der Waals surface area contributed by atoms with Gasteiger partial charge in [-0.3, -0.25) is 0 Å². The first-order valence-electron chi connectivity index (χ1n) is 7.28. The molecule has 0 bridgehead atoms. The average Bonchev–Trinajstić information content (AvgIpc) is 2.60. The average molecular weight is 312 g/mol. The van der Waals surface area contributed by atoms with Crippen molar-refractivity contribution in [2.24, 2.45) is 0 Å². The maximum Gasteiger partial charge on any atom is 0.343 e. The quantitative estimate of drug-likeness (QED) is 0.577. The summed E-state index contributed by atoms with van der Waals surface area (Å²) in [4.78, 5) is 12.2. The van der Waals surface area contributed by atoms with Crippen LogP contribution in [-0.4, -0.2) is 26.8 Å². The lowest BCUT2D eigenvalue weighted by Crippen LogP contribution is -2.09. The molecule has 23 heavy (non-hydrogen) atoms. The SMILES string of the molecule is C=Cc1cc(CCOC)ccc1OC(=O)c1ccc(OC)cc1. The van der Waals surface area contributed by atoms with Crippen molar-refractivity contribution in [3.8, 4) is 11.5 Å². The molecule has 0 aliphatic heterocycles. The van der Waals surface area contributed by atoms with Crippen LogP contribution in [0.25, 0.3) is 6.08 Å². The monoisotopic (exact) mass is 312 g/mol.